The van der Waals surface area contributed by atoms with Crippen molar-refractivity contribution in [2.24, 2.45) is 0 Å². The maximum atomic E-state index is 5.80. The van der Waals surface area contributed by atoms with E-state index in [0.29, 0.717) is 0 Å². The van der Waals surface area contributed by atoms with Gasteiger partial charge in [0.05, 0.1) is 13.1 Å². The fraction of sp³-hybridized carbons (Fsp3) is 0.533. The maximum absolute atomic E-state index is 5.80. The molecule has 0 fully saturated rings. The molecule has 0 unspecified atom stereocenters. The highest BCUT2D eigenvalue weighted by molar-refractivity contribution is 5.21. The van der Waals surface area contributed by atoms with Gasteiger partial charge in [0, 0.05) is 37.6 Å². The Morgan fingerprint density at radius 3 is 3.15 bits per heavy atom. The van der Waals surface area contributed by atoms with E-state index in [1.54, 1.807) is 0 Å². The molecule has 3 rings (SSSR count). The summed E-state index contributed by atoms with van der Waals surface area (Å²) < 4.78 is 8.03. The third-order valence-corrected chi connectivity index (χ3v) is 3.84. The normalized spacial score (nSPS) is 15.5. The fourth-order valence-electron chi connectivity index (χ4n) is 2.68. The molecule has 0 aromatic carbocycles. The van der Waals surface area contributed by atoms with Crippen LogP contribution < -0.4 is 5.32 Å². The van der Waals surface area contributed by atoms with Crippen molar-refractivity contribution in [2.45, 2.75) is 40.0 Å². The molecular weight excluding hydrogens is 252 g/mol. The molecule has 0 amide bonds. The van der Waals surface area contributed by atoms with Crippen molar-refractivity contribution >= 4 is 0 Å². The molecule has 1 aliphatic heterocycles. The number of furan rings is 1. The lowest BCUT2D eigenvalue weighted by atomic mass is 10.2. The number of nitrogens with zero attached hydrogens (tertiary/aromatic N) is 3. The molecular formula is C15H22N4O. The molecule has 0 aliphatic carbocycles. The number of aryl methyl sites for hydroxylation is 1. The van der Waals surface area contributed by atoms with Crippen LogP contribution in [0, 0.1) is 6.92 Å². The minimum atomic E-state index is 0.807. The van der Waals surface area contributed by atoms with E-state index < -0.39 is 0 Å². The van der Waals surface area contributed by atoms with E-state index in [0.717, 1.165) is 56.6 Å². The summed E-state index contributed by atoms with van der Waals surface area (Å²) >= 11 is 0. The topological polar surface area (TPSA) is 46.2 Å². The Bertz CT molecular complexity index is 572. The minimum absolute atomic E-state index is 0.807. The summed E-state index contributed by atoms with van der Waals surface area (Å²) in [6, 6.07) is 2.18. The van der Waals surface area contributed by atoms with Gasteiger partial charge in [-0.3, -0.25) is 4.90 Å². The Morgan fingerprint density at radius 2 is 2.30 bits per heavy atom. The highest BCUT2D eigenvalue weighted by Crippen LogP contribution is 2.19. The summed E-state index contributed by atoms with van der Waals surface area (Å²) in [5.41, 5.74) is 1.29. The van der Waals surface area contributed by atoms with Crippen molar-refractivity contribution in [3.05, 3.63) is 41.4 Å². The zero-order valence-electron chi connectivity index (χ0n) is 12.2. The number of rotatable bonds is 5. The van der Waals surface area contributed by atoms with Crippen LogP contribution in [0.3, 0.4) is 0 Å². The summed E-state index contributed by atoms with van der Waals surface area (Å²) in [6.07, 6.45) is 3.95. The van der Waals surface area contributed by atoms with E-state index in [-0.39, 0.29) is 0 Å². The van der Waals surface area contributed by atoms with Gasteiger partial charge < -0.3 is 14.3 Å². The van der Waals surface area contributed by atoms with Crippen LogP contribution in [0.25, 0.3) is 0 Å². The van der Waals surface area contributed by atoms with Gasteiger partial charge in [-0.05, 0) is 19.5 Å². The van der Waals surface area contributed by atoms with Gasteiger partial charge in [-0.25, -0.2) is 4.98 Å². The average Bonchev–Trinajstić information content (AvgIpc) is 3.03. The van der Waals surface area contributed by atoms with Crippen LogP contribution in [0.15, 0.2) is 22.9 Å². The molecule has 0 saturated carbocycles. The molecule has 0 radical (unpaired) electrons. The number of hydrogen-bond donors (Lipinski definition) is 1. The van der Waals surface area contributed by atoms with Crippen LogP contribution in [0.1, 0.15) is 29.8 Å². The average molecular weight is 274 g/mol. The second-order valence-corrected chi connectivity index (χ2v) is 5.32. The van der Waals surface area contributed by atoms with Crippen molar-refractivity contribution in [1.29, 1.82) is 0 Å². The van der Waals surface area contributed by atoms with Crippen molar-refractivity contribution in [2.75, 3.05) is 13.1 Å². The zero-order chi connectivity index (χ0) is 13.9. The van der Waals surface area contributed by atoms with E-state index >= 15 is 0 Å². The van der Waals surface area contributed by atoms with Gasteiger partial charge >= 0.3 is 0 Å². The molecule has 0 bridgehead atoms. The van der Waals surface area contributed by atoms with E-state index in [4.69, 9.17) is 4.42 Å². The first kappa shape index (κ1) is 13.4. The van der Waals surface area contributed by atoms with Gasteiger partial charge in [0.15, 0.2) is 0 Å². The summed E-state index contributed by atoms with van der Waals surface area (Å²) in [5, 5.41) is 3.30. The molecule has 5 heteroatoms. The van der Waals surface area contributed by atoms with E-state index in [1.807, 2.05) is 6.20 Å². The van der Waals surface area contributed by atoms with Crippen LogP contribution in [0.2, 0.25) is 0 Å². The van der Waals surface area contributed by atoms with Gasteiger partial charge in [-0.15, -0.1) is 0 Å². The lowest BCUT2D eigenvalue weighted by Crippen LogP contribution is -2.33. The van der Waals surface area contributed by atoms with Gasteiger partial charge in [0.1, 0.15) is 17.3 Å². The van der Waals surface area contributed by atoms with Crippen LogP contribution in [0.4, 0.5) is 0 Å². The molecule has 1 N–H and O–H groups in total. The largest absolute Gasteiger partial charge is 0.465 e. The summed E-state index contributed by atoms with van der Waals surface area (Å²) in [4.78, 5) is 6.83. The zero-order valence-corrected chi connectivity index (χ0v) is 12.2. The van der Waals surface area contributed by atoms with Gasteiger partial charge in [-0.2, -0.15) is 0 Å². The Hall–Kier alpha value is -1.59. The first-order valence-corrected chi connectivity index (χ1v) is 7.27. The molecule has 20 heavy (non-hydrogen) atoms. The predicted molar refractivity (Wildman–Crippen MR) is 77.2 cm³/mol. The minimum Gasteiger partial charge on any atom is -0.465 e. The van der Waals surface area contributed by atoms with E-state index in [1.165, 1.54) is 5.56 Å². The maximum Gasteiger partial charge on any atom is 0.122 e. The Balaban J connectivity index is 1.65. The first-order valence-electron chi connectivity index (χ1n) is 7.27. The highest BCUT2D eigenvalue weighted by atomic mass is 16.3. The second-order valence-electron chi connectivity index (χ2n) is 5.32. The molecule has 2 aromatic heterocycles. The number of hydrogen-bond acceptors (Lipinski definition) is 4. The molecule has 108 valence electrons. The number of fused-ring (bicyclic) bond motifs is 1. The van der Waals surface area contributed by atoms with Gasteiger partial charge in [-0.1, -0.05) is 6.92 Å². The number of nitrogens with one attached hydrogen (secondary N) is 1. The molecule has 0 atom stereocenters. The molecule has 3 heterocycles. The van der Waals surface area contributed by atoms with Crippen molar-refractivity contribution in [3.8, 4) is 0 Å². The Morgan fingerprint density at radius 1 is 1.40 bits per heavy atom. The standard InChI is InChI=1S/C15H22N4O/c1-3-16-9-14-8-13(12(2)20-14)10-18-6-7-19-5-4-17-15(19)11-18/h4-5,8,16H,3,6-7,9-11H2,1-2H3. The van der Waals surface area contributed by atoms with Crippen LogP contribution in [-0.4, -0.2) is 27.5 Å². The summed E-state index contributed by atoms with van der Waals surface area (Å²) in [6.45, 7) is 9.87. The summed E-state index contributed by atoms with van der Waals surface area (Å²) in [5.74, 6) is 3.22. The number of imidazole rings is 1. The second kappa shape index (κ2) is 5.81. The molecule has 2 aromatic rings. The smallest absolute Gasteiger partial charge is 0.122 e. The van der Waals surface area contributed by atoms with Crippen LogP contribution in [-0.2, 0) is 26.2 Å². The van der Waals surface area contributed by atoms with Crippen molar-refractivity contribution < 1.29 is 4.42 Å². The van der Waals surface area contributed by atoms with Crippen LogP contribution in [0.5, 0.6) is 0 Å². The van der Waals surface area contributed by atoms with Crippen molar-refractivity contribution in [1.82, 2.24) is 19.8 Å². The highest BCUT2D eigenvalue weighted by Gasteiger charge is 2.18. The van der Waals surface area contributed by atoms with Crippen molar-refractivity contribution in [3.63, 3.8) is 0 Å². The quantitative estimate of drug-likeness (QED) is 0.904. The van der Waals surface area contributed by atoms with E-state index in [2.05, 4.69) is 45.9 Å². The third kappa shape index (κ3) is 2.78. The Kier molecular flexibility index (Phi) is 3.89. The molecule has 5 nitrogen and oxygen atoms in total. The summed E-state index contributed by atoms with van der Waals surface area (Å²) in [7, 11) is 0. The SMILES string of the molecule is CCNCc1cc(CN2CCn3ccnc3C2)c(C)o1. The lowest BCUT2D eigenvalue weighted by molar-refractivity contribution is 0.207. The number of aromatic nitrogens is 2. The third-order valence-electron chi connectivity index (χ3n) is 3.84. The Labute approximate surface area is 119 Å². The van der Waals surface area contributed by atoms with Crippen LogP contribution >= 0.6 is 0 Å². The first-order chi connectivity index (χ1) is 9.76. The fourth-order valence-corrected chi connectivity index (χ4v) is 2.68. The van der Waals surface area contributed by atoms with Gasteiger partial charge in [0.2, 0.25) is 0 Å². The molecule has 1 aliphatic rings. The van der Waals surface area contributed by atoms with Gasteiger partial charge in [0.25, 0.3) is 0 Å². The van der Waals surface area contributed by atoms with E-state index in [9.17, 15) is 0 Å². The lowest BCUT2D eigenvalue weighted by Gasteiger charge is -2.27. The monoisotopic (exact) mass is 274 g/mol. The predicted octanol–water partition coefficient (Wildman–Crippen LogP) is 1.91. The molecule has 0 spiro atoms. The molecule has 0 saturated heterocycles.